The van der Waals surface area contributed by atoms with E-state index in [0.717, 1.165) is 27.6 Å². The number of carbonyl (C=O) groups is 2. The Morgan fingerprint density at radius 1 is 1.23 bits per heavy atom. The zero-order valence-corrected chi connectivity index (χ0v) is 18.0. The fourth-order valence-corrected chi connectivity index (χ4v) is 5.02. The molecular weight excluding hydrogens is 398 g/mol. The summed E-state index contributed by atoms with van der Waals surface area (Å²) in [6, 6.07) is 12.0. The van der Waals surface area contributed by atoms with E-state index < -0.39 is 0 Å². The highest BCUT2D eigenvalue weighted by Crippen LogP contribution is 2.38. The van der Waals surface area contributed by atoms with E-state index in [1.54, 1.807) is 29.1 Å². The lowest BCUT2D eigenvalue weighted by Gasteiger charge is -2.33. The van der Waals surface area contributed by atoms with Gasteiger partial charge in [0.05, 0.1) is 18.0 Å². The molecule has 3 aromatic rings. The average Bonchev–Trinajstić information content (AvgIpc) is 3.17. The lowest BCUT2D eigenvalue weighted by atomic mass is 10.0. The molecule has 6 nitrogen and oxygen atoms in total. The average molecular weight is 424 g/mol. The summed E-state index contributed by atoms with van der Waals surface area (Å²) in [5.41, 5.74) is 2.05. The van der Waals surface area contributed by atoms with Crippen molar-refractivity contribution < 1.29 is 14.3 Å². The van der Waals surface area contributed by atoms with Crippen molar-refractivity contribution in [3.8, 4) is 0 Å². The van der Waals surface area contributed by atoms with Crippen LogP contribution in [0.4, 0.5) is 0 Å². The maximum Gasteiger partial charge on any atom is 0.264 e. The summed E-state index contributed by atoms with van der Waals surface area (Å²) in [5, 5.41) is 1.03. The number of nitrogens with zero attached hydrogens (tertiary/aromatic N) is 3. The number of morpholine rings is 1. The normalized spacial score (nSPS) is 16.6. The van der Waals surface area contributed by atoms with Crippen molar-refractivity contribution in [2.75, 3.05) is 33.3 Å². The van der Waals surface area contributed by atoms with Crippen LogP contribution in [0.25, 0.3) is 10.1 Å². The first-order valence-corrected chi connectivity index (χ1v) is 10.9. The number of ether oxygens (including phenoxy) is 1. The summed E-state index contributed by atoms with van der Waals surface area (Å²) in [5.74, 6) is 0.0222. The first-order valence-electron chi connectivity index (χ1n) is 10.1. The monoisotopic (exact) mass is 423 g/mol. The Balaban J connectivity index is 1.62. The fraction of sp³-hybridized carbons (Fsp3) is 0.348. The van der Waals surface area contributed by atoms with Gasteiger partial charge in [0, 0.05) is 49.7 Å². The van der Waals surface area contributed by atoms with Gasteiger partial charge in [0.1, 0.15) is 6.10 Å². The predicted octanol–water partition coefficient (Wildman–Crippen LogP) is 3.53. The van der Waals surface area contributed by atoms with Crippen molar-refractivity contribution in [1.29, 1.82) is 0 Å². The van der Waals surface area contributed by atoms with Gasteiger partial charge in [0.15, 0.2) is 0 Å². The highest BCUT2D eigenvalue weighted by atomic mass is 32.1. The Hall–Kier alpha value is -2.77. The number of hydrogen-bond acceptors (Lipinski definition) is 5. The van der Waals surface area contributed by atoms with Gasteiger partial charge in [-0.3, -0.25) is 14.6 Å². The molecule has 1 aromatic carbocycles. The minimum Gasteiger partial charge on any atom is -0.370 e. The van der Waals surface area contributed by atoms with Crippen LogP contribution < -0.4 is 0 Å². The minimum atomic E-state index is -0.300. The molecule has 4 rings (SSSR count). The quantitative estimate of drug-likeness (QED) is 0.630. The number of rotatable bonds is 5. The van der Waals surface area contributed by atoms with Crippen LogP contribution in [0.5, 0.6) is 0 Å². The summed E-state index contributed by atoms with van der Waals surface area (Å²) in [7, 11) is 1.83. The summed E-state index contributed by atoms with van der Waals surface area (Å²) in [6.45, 7) is 3.72. The standard InChI is InChI=1S/C23H25N3O3S/c1-16(27)26-13-14-29-19(15-26)21-18-5-3-4-6-20(18)30-22(21)23(28)25(2)12-9-17-7-10-24-11-8-17/h3-8,10-11,19H,9,12-15H2,1-2H3/t19-/m0/s1. The molecule has 1 atom stereocenters. The molecule has 2 amide bonds. The minimum absolute atomic E-state index is 0.0104. The van der Waals surface area contributed by atoms with Crippen LogP contribution in [-0.2, 0) is 16.0 Å². The third-order valence-corrected chi connectivity index (χ3v) is 6.67. The number of fused-ring (bicyclic) bond motifs is 1. The number of carbonyl (C=O) groups excluding carboxylic acids is 2. The number of amides is 2. The molecule has 30 heavy (non-hydrogen) atoms. The van der Waals surface area contributed by atoms with Gasteiger partial charge in [-0.15, -0.1) is 11.3 Å². The largest absolute Gasteiger partial charge is 0.370 e. The van der Waals surface area contributed by atoms with Crippen molar-refractivity contribution in [2.45, 2.75) is 19.4 Å². The first kappa shape index (κ1) is 20.5. The summed E-state index contributed by atoms with van der Waals surface area (Å²) >= 11 is 1.50. The molecule has 0 aliphatic carbocycles. The van der Waals surface area contributed by atoms with Gasteiger partial charge < -0.3 is 14.5 Å². The van der Waals surface area contributed by atoms with E-state index in [9.17, 15) is 9.59 Å². The SMILES string of the molecule is CC(=O)N1CCO[C@H](c2c(C(=O)N(C)CCc3ccncc3)sc3ccccc23)C1. The van der Waals surface area contributed by atoms with E-state index >= 15 is 0 Å². The third kappa shape index (κ3) is 4.22. The molecule has 156 valence electrons. The summed E-state index contributed by atoms with van der Waals surface area (Å²) < 4.78 is 7.10. The maximum atomic E-state index is 13.4. The van der Waals surface area contributed by atoms with Gasteiger partial charge >= 0.3 is 0 Å². The van der Waals surface area contributed by atoms with Crippen LogP contribution in [0, 0.1) is 0 Å². The second-order valence-electron chi connectivity index (χ2n) is 7.50. The number of hydrogen-bond donors (Lipinski definition) is 0. The summed E-state index contributed by atoms with van der Waals surface area (Å²) in [4.78, 5) is 33.6. The fourth-order valence-electron chi connectivity index (χ4n) is 3.78. The maximum absolute atomic E-state index is 13.4. The number of likely N-dealkylation sites (N-methyl/N-ethyl adjacent to an activating group) is 1. The Morgan fingerprint density at radius 2 is 2.00 bits per heavy atom. The molecule has 0 spiro atoms. The molecule has 0 bridgehead atoms. The van der Waals surface area contributed by atoms with Gasteiger partial charge in [0.2, 0.25) is 5.91 Å². The molecule has 2 aromatic heterocycles. The van der Waals surface area contributed by atoms with Crippen molar-refractivity contribution in [3.05, 3.63) is 64.8 Å². The Labute approximate surface area is 180 Å². The number of thiophene rings is 1. The van der Waals surface area contributed by atoms with Crippen molar-refractivity contribution in [3.63, 3.8) is 0 Å². The van der Waals surface area contributed by atoms with Gasteiger partial charge in [-0.2, -0.15) is 0 Å². The molecular formula is C23H25N3O3S. The van der Waals surface area contributed by atoms with E-state index in [2.05, 4.69) is 4.98 Å². The first-order chi connectivity index (χ1) is 14.5. The number of pyridine rings is 1. The van der Waals surface area contributed by atoms with E-state index in [0.29, 0.717) is 31.1 Å². The van der Waals surface area contributed by atoms with Crippen LogP contribution in [0.1, 0.15) is 33.8 Å². The highest BCUT2D eigenvalue weighted by molar-refractivity contribution is 7.21. The number of benzene rings is 1. The molecule has 7 heteroatoms. The molecule has 1 fully saturated rings. The molecule has 0 radical (unpaired) electrons. The zero-order valence-electron chi connectivity index (χ0n) is 17.2. The molecule has 0 unspecified atom stereocenters. The van der Waals surface area contributed by atoms with Crippen LogP contribution >= 0.6 is 11.3 Å². The highest BCUT2D eigenvalue weighted by Gasteiger charge is 2.31. The molecule has 1 aliphatic rings. The lowest BCUT2D eigenvalue weighted by Crippen LogP contribution is -2.41. The second kappa shape index (κ2) is 8.93. The van der Waals surface area contributed by atoms with E-state index in [1.165, 1.54) is 11.3 Å². The lowest BCUT2D eigenvalue weighted by molar-refractivity contribution is -0.136. The van der Waals surface area contributed by atoms with E-state index in [-0.39, 0.29) is 17.9 Å². The molecule has 3 heterocycles. The van der Waals surface area contributed by atoms with Gasteiger partial charge in [-0.25, -0.2) is 0 Å². The molecule has 1 aliphatic heterocycles. The van der Waals surface area contributed by atoms with Crippen molar-refractivity contribution >= 4 is 33.2 Å². The topological polar surface area (TPSA) is 62.7 Å². The second-order valence-corrected chi connectivity index (χ2v) is 8.55. The van der Waals surface area contributed by atoms with Crippen molar-refractivity contribution in [2.24, 2.45) is 0 Å². The molecule has 0 saturated carbocycles. The third-order valence-electron chi connectivity index (χ3n) is 5.49. The van der Waals surface area contributed by atoms with Gasteiger partial charge in [-0.1, -0.05) is 18.2 Å². The van der Waals surface area contributed by atoms with E-state index in [1.807, 2.05) is 43.4 Å². The van der Waals surface area contributed by atoms with E-state index in [4.69, 9.17) is 4.74 Å². The Bertz CT molecular complexity index is 1050. The summed E-state index contributed by atoms with van der Waals surface area (Å²) in [6.07, 6.45) is 4.00. The van der Waals surface area contributed by atoms with Crippen LogP contribution in [0.3, 0.4) is 0 Å². The van der Waals surface area contributed by atoms with Crippen molar-refractivity contribution in [1.82, 2.24) is 14.8 Å². The molecule has 0 N–H and O–H groups in total. The predicted molar refractivity (Wildman–Crippen MR) is 118 cm³/mol. The van der Waals surface area contributed by atoms with Gasteiger partial charge in [-0.05, 0) is 35.6 Å². The Morgan fingerprint density at radius 3 is 2.77 bits per heavy atom. The van der Waals surface area contributed by atoms with Crippen LogP contribution in [0.2, 0.25) is 0 Å². The van der Waals surface area contributed by atoms with Crippen LogP contribution in [-0.4, -0.2) is 59.9 Å². The zero-order chi connectivity index (χ0) is 21.1. The Kier molecular flexibility index (Phi) is 6.11. The number of aromatic nitrogens is 1. The van der Waals surface area contributed by atoms with Crippen LogP contribution in [0.15, 0.2) is 48.8 Å². The molecule has 1 saturated heterocycles. The van der Waals surface area contributed by atoms with Gasteiger partial charge in [0.25, 0.3) is 5.91 Å². The smallest absolute Gasteiger partial charge is 0.264 e.